The fourth-order valence-electron chi connectivity index (χ4n) is 2.11. The highest BCUT2D eigenvalue weighted by molar-refractivity contribution is 9.10. The Kier molecular flexibility index (Phi) is 4.54. The Morgan fingerprint density at radius 3 is 2.47 bits per heavy atom. The molecule has 0 saturated heterocycles. The minimum Gasteiger partial charge on any atom is -0.497 e. The Labute approximate surface area is 127 Å². The molecule has 0 spiro atoms. The van der Waals surface area contributed by atoms with Gasteiger partial charge in [0.25, 0.3) is 0 Å². The van der Waals surface area contributed by atoms with Crippen molar-refractivity contribution in [3.8, 4) is 5.75 Å². The van der Waals surface area contributed by atoms with E-state index in [1.165, 1.54) is 5.56 Å². The van der Waals surface area contributed by atoms with Crippen molar-refractivity contribution in [3.63, 3.8) is 0 Å². The normalized spacial score (nSPS) is 13.9. The van der Waals surface area contributed by atoms with E-state index < -0.39 is 4.87 Å². The average Bonchev–Trinajstić information content (AvgIpc) is 2.39. The molecule has 19 heavy (non-hydrogen) atoms. The Balaban J connectivity index is 2.33. The molecule has 1 atom stereocenters. The smallest absolute Gasteiger partial charge is 0.119 e. The molecule has 0 saturated carbocycles. The van der Waals surface area contributed by atoms with Crippen LogP contribution in [0.25, 0.3) is 0 Å². The highest BCUT2D eigenvalue weighted by atomic mass is 79.9. The zero-order valence-corrected chi connectivity index (χ0v) is 13.3. The first kappa shape index (κ1) is 14.4. The van der Waals surface area contributed by atoms with Gasteiger partial charge in [-0.15, -0.1) is 11.6 Å². The van der Waals surface area contributed by atoms with Crippen LogP contribution in [0.1, 0.15) is 18.1 Å². The Morgan fingerprint density at radius 2 is 1.84 bits per heavy atom. The Bertz CT molecular complexity index is 552. The van der Waals surface area contributed by atoms with Gasteiger partial charge in [0.05, 0.1) is 12.0 Å². The summed E-state index contributed by atoms with van der Waals surface area (Å²) in [5.74, 6) is 0.818. The third kappa shape index (κ3) is 3.52. The number of hydrogen-bond donors (Lipinski definition) is 0. The molecule has 3 heteroatoms. The van der Waals surface area contributed by atoms with Gasteiger partial charge in [-0.05, 0) is 42.7 Å². The van der Waals surface area contributed by atoms with Crippen LogP contribution in [0.3, 0.4) is 0 Å². The van der Waals surface area contributed by atoms with Crippen LogP contribution in [0.2, 0.25) is 0 Å². The lowest BCUT2D eigenvalue weighted by atomic mass is 9.92. The molecule has 1 unspecified atom stereocenters. The van der Waals surface area contributed by atoms with E-state index in [1.54, 1.807) is 7.11 Å². The first-order chi connectivity index (χ1) is 9.03. The topological polar surface area (TPSA) is 9.23 Å². The molecule has 0 aliphatic rings. The van der Waals surface area contributed by atoms with E-state index in [4.69, 9.17) is 16.3 Å². The number of ether oxygens (including phenoxy) is 1. The van der Waals surface area contributed by atoms with Gasteiger partial charge in [-0.1, -0.05) is 46.3 Å². The zero-order chi connectivity index (χ0) is 13.9. The predicted molar refractivity (Wildman–Crippen MR) is 84.0 cm³/mol. The van der Waals surface area contributed by atoms with Gasteiger partial charge in [0.15, 0.2) is 0 Å². The van der Waals surface area contributed by atoms with Crippen molar-refractivity contribution in [2.75, 3.05) is 7.11 Å². The molecule has 0 fully saturated rings. The molecule has 0 aliphatic heterocycles. The zero-order valence-electron chi connectivity index (χ0n) is 11.0. The molecule has 0 bridgehead atoms. The monoisotopic (exact) mass is 338 g/mol. The number of halogens is 2. The molecular formula is C16H16BrClO. The van der Waals surface area contributed by atoms with Gasteiger partial charge < -0.3 is 4.74 Å². The third-order valence-electron chi connectivity index (χ3n) is 3.11. The molecule has 2 aromatic rings. The van der Waals surface area contributed by atoms with Crippen LogP contribution < -0.4 is 4.74 Å². The van der Waals surface area contributed by atoms with Gasteiger partial charge in [0, 0.05) is 4.47 Å². The van der Waals surface area contributed by atoms with Crippen molar-refractivity contribution >= 4 is 27.5 Å². The first-order valence-electron chi connectivity index (χ1n) is 6.10. The van der Waals surface area contributed by atoms with Gasteiger partial charge in [-0.3, -0.25) is 0 Å². The van der Waals surface area contributed by atoms with Crippen molar-refractivity contribution < 1.29 is 4.74 Å². The van der Waals surface area contributed by atoms with Crippen LogP contribution in [0.15, 0.2) is 53.0 Å². The van der Waals surface area contributed by atoms with Crippen molar-refractivity contribution in [1.29, 1.82) is 0 Å². The maximum Gasteiger partial charge on any atom is 0.119 e. The highest BCUT2D eigenvalue weighted by Gasteiger charge is 2.26. The van der Waals surface area contributed by atoms with E-state index in [0.29, 0.717) is 0 Å². The van der Waals surface area contributed by atoms with Crippen molar-refractivity contribution in [3.05, 3.63) is 64.1 Å². The second kappa shape index (κ2) is 5.98. The highest BCUT2D eigenvalue weighted by Crippen LogP contribution is 2.38. The van der Waals surface area contributed by atoms with Crippen molar-refractivity contribution in [1.82, 2.24) is 0 Å². The van der Waals surface area contributed by atoms with Crippen LogP contribution in [0, 0.1) is 0 Å². The van der Waals surface area contributed by atoms with Gasteiger partial charge in [-0.25, -0.2) is 0 Å². The molecule has 0 N–H and O–H groups in total. The van der Waals surface area contributed by atoms with Gasteiger partial charge in [0.2, 0.25) is 0 Å². The summed E-state index contributed by atoms with van der Waals surface area (Å²) >= 11 is 10.3. The summed E-state index contributed by atoms with van der Waals surface area (Å²) in [4.78, 5) is -0.477. The van der Waals surface area contributed by atoms with E-state index >= 15 is 0 Å². The number of benzene rings is 2. The second-order valence-electron chi connectivity index (χ2n) is 4.71. The Hall–Kier alpha value is -0.990. The van der Waals surface area contributed by atoms with E-state index in [1.807, 2.05) is 43.3 Å². The van der Waals surface area contributed by atoms with Crippen LogP contribution in [0.4, 0.5) is 0 Å². The molecule has 0 aliphatic carbocycles. The van der Waals surface area contributed by atoms with Crippen LogP contribution >= 0.6 is 27.5 Å². The minimum absolute atomic E-state index is 0.477. The minimum atomic E-state index is -0.477. The molecule has 2 aromatic carbocycles. The summed E-state index contributed by atoms with van der Waals surface area (Å²) in [5.41, 5.74) is 2.26. The standard InChI is InChI=1S/C16H16BrClO/c1-16(18,11-12-6-4-3-5-7-12)14-10-13(19-2)8-9-15(14)17/h3-10H,11H2,1-2H3. The molecule has 1 nitrogen and oxygen atoms in total. The molecule has 100 valence electrons. The van der Waals surface area contributed by atoms with Gasteiger partial charge >= 0.3 is 0 Å². The summed E-state index contributed by atoms with van der Waals surface area (Å²) in [5, 5.41) is 0. The second-order valence-corrected chi connectivity index (χ2v) is 6.39. The van der Waals surface area contributed by atoms with E-state index in [0.717, 1.165) is 22.2 Å². The number of methoxy groups -OCH3 is 1. The quantitative estimate of drug-likeness (QED) is 0.700. The largest absolute Gasteiger partial charge is 0.497 e. The van der Waals surface area contributed by atoms with E-state index in [2.05, 4.69) is 28.1 Å². The lowest BCUT2D eigenvalue weighted by molar-refractivity contribution is 0.413. The summed E-state index contributed by atoms with van der Waals surface area (Å²) in [6.45, 7) is 2.03. The average molecular weight is 340 g/mol. The maximum atomic E-state index is 6.74. The lowest BCUT2D eigenvalue weighted by Crippen LogP contribution is -2.18. The Morgan fingerprint density at radius 1 is 1.16 bits per heavy atom. The number of alkyl halides is 1. The summed E-state index contributed by atoms with van der Waals surface area (Å²) < 4.78 is 6.28. The van der Waals surface area contributed by atoms with Crippen molar-refractivity contribution in [2.24, 2.45) is 0 Å². The number of rotatable bonds is 4. The van der Waals surface area contributed by atoms with Gasteiger partial charge in [0.1, 0.15) is 5.75 Å². The number of hydrogen-bond acceptors (Lipinski definition) is 1. The SMILES string of the molecule is COc1ccc(Br)c(C(C)(Cl)Cc2ccccc2)c1. The third-order valence-corrected chi connectivity index (χ3v) is 4.14. The lowest BCUT2D eigenvalue weighted by Gasteiger charge is -2.24. The maximum absolute atomic E-state index is 6.74. The molecule has 2 rings (SSSR count). The fraction of sp³-hybridized carbons (Fsp3) is 0.250. The van der Waals surface area contributed by atoms with Crippen LogP contribution in [-0.4, -0.2) is 7.11 Å². The molecule has 0 radical (unpaired) electrons. The first-order valence-corrected chi connectivity index (χ1v) is 7.27. The molecule has 0 heterocycles. The van der Waals surface area contributed by atoms with E-state index in [9.17, 15) is 0 Å². The fourth-order valence-corrected chi connectivity index (χ4v) is 3.21. The summed E-state index contributed by atoms with van der Waals surface area (Å²) in [7, 11) is 1.66. The van der Waals surface area contributed by atoms with E-state index in [-0.39, 0.29) is 0 Å². The van der Waals surface area contributed by atoms with Crippen molar-refractivity contribution in [2.45, 2.75) is 18.2 Å². The van der Waals surface area contributed by atoms with Gasteiger partial charge in [-0.2, -0.15) is 0 Å². The van der Waals surface area contributed by atoms with Crippen LogP contribution in [0.5, 0.6) is 5.75 Å². The van der Waals surface area contributed by atoms with Crippen LogP contribution in [-0.2, 0) is 11.3 Å². The molecule has 0 amide bonds. The summed E-state index contributed by atoms with van der Waals surface area (Å²) in [6.07, 6.45) is 0.765. The predicted octanol–water partition coefficient (Wildman–Crippen LogP) is 5.15. The molecular weight excluding hydrogens is 324 g/mol. The summed E-state index contributed by atoms with van der Waals surface area (Å²) in [6, 6.07) is 16.1. The molecule has 0 aromatic heterocycles.